The van der Waals surface area contributed by atoms with Crippen molar-refractivity contribution in [2.45, 2.75) is 19.5 Å². The van der Waals surface area contributed by atoms with Gasteiger partial charge >= 0.3 is 0 Å². The molecular formula is C18H18Cl2N3O+. The predicted octanol–water partition coefficient (Wildman–Crippen LogP) is 2.91. The maximum absolute atomic E-state index is 12.4. The molecule has 2 aromatic carbocycles. The van der Waals surface area contributed by atoms with Crippen LogP contribution in [0.25, 0.3) is 0 Å². The molecule has 0 heterocycles. The molecule has 0 saturated carbocycles. The number of quaternary nitrogens is 1. The summed E-state index contributed by atoms with van der Waals surface area (Å²) >= 11 is 12.2. The molecule has 0 aliphatic rings. The number of halogens is 2. The van der Waals surface area contributed by atoms with Crippen molar-refractivity contribution < 1.29 is 9.69 Å². The fourth-order valence-corrected chi connectivity index (χ4v) is 2.67. The van der Waals surface area contributed by atoms with E-state index in [1.807, 2.05) is 26.1 Å². The molecular weight excluding hydrogens is 345 g/mol. The Morgan fingerprint density at radius 3 is 2.71 bits per heavy atom. The second-order valence-electron chi connectivity index (χ2n) is 5.64. The summed E-state index contributed by atoms with van der Waals surface area (Å²) in [4.78, 5) is 13.4. The van der Waals surface area contributed by atoms with Gasteiger partial charge < -0.3 is 10.2 Å². The molecule has 0 radical (unpaired) electrons. The number of carbonyl (C=O) groups excluding carboxylic acids is 1. The third kappa shape index (κ3) is 4.48. The number of hydrogen-bond donors (Lipinski definition) is 2. The van der Waals surface area contributed by atoms with Crippen LogP contribution in [-0.4, -0.2) is 19.0 Å². The first-order chi connectivity index (χ1) is 11.4. The van der Waals surface area contributed by atoms with Crippen molar-refractivity contribution >= 4 is 34.8 Å². The van der Waals surface area contributed by atoms with E-state index in [0.29, 0.717) is 27.8 Å². The third-order valence-corrected chi connectivity index (χ3v) is 4.75. The number of benzene rings is 2. The Labute approximate surface area is 151 Å². The topological polar surface area (TPSA) is 57.3 Å². The Morgan fingerprint density at radius 2 is 2.00 bits per heavy atom. The molecule has 0 spiro atoms. The number of anilines is 1. The van der Waals surface area contributed by atoms with Crippen LogP contribution in [0, 0.1) is 11.3 Å². The first-order valence-electron chi connectivity index (χ1n) is 7.48. The Kier molecular flexibility index (Phi) is 6.22. The number of rotatable bonds is 5. The first kappa shape index (κ1) is 18.3. The highest BCUT2D eigenvalue weighted by Crippen LogP contribution is 2.24. The van der Waals surface area contributed by atoms with Crippen LogP contribution in [0.2, 0.25) is 10.0 Å². The molecule has 4 nitrogen and oxygen atoms in total. The highest BCUT2D eigenvalue weighted by atomic mass is 35.5. The van der Waals surface area contributed by atoms with Crippen LogP contribution in [0.5, 0.6) is 0 Å². The van der Waals surface area contributed by atoms with E-state index in [1.54, 1.807) is 30.3 Å². The Morgan fingerprint density at radius 1 is 1.29 bits per heavy atom. The van der Waals surface area contributed by atoms with Crippen molar-refractivity contribution in [3.63, 3.8) is 0 Å². The van der Waals surface area contributed by atoms with E-state index in [9.17, 15) is 4.79 Å². The maximum atomic E-state index is 12.4. The fraction of sp³-hybridized carbons (Fsp3) is 0.222. The number of likely N-dealkylation sites (N-methyl/N-ethyl adjacent to an activating group) is 1. The lowest BCUT2D eigenvalue weighted by Gasteiger charge is -2.21. The summed E-state index contributed by atoms with van der Waals surface area (Å²) in [6.07, 6.45) is 0. The molecule has 0 aliphatic carbocycles. The predicted molar refractivity (Wildman–Crippen MR) is 96.3 cm³/mol. The third-order valence-electron chi connectivity index (χ3n) is 3.89. The van der Waals surface area contributed by atoms with Crippen LogP contribution in [0.3, 0.4) is 0 Å². The largest absolute Gasteiger partial charge is 0.324 e. The molecule has 0 aromatic heterocycles. The summed E-state index contributed by atoms with van der Waals surface area (Å²) in [5, 5.41) is 12.8. The van der Waals surface area contributed by atoms with Gasteiger partial charge in [-0.2, -0.15) is 5.26 Å². The molecule has 0 saturated heterocycles. The van der Waals surface area contributed by atoms with Crippen LogP contribution in [-0.2, 0) is 11.3 Å². The molecule has 2 atom stereocenters. The summed E-state index contributed by atoms with van der Waals surface area (Å²) in [5.41, 5.74) is 2.01. The van der Waals surface area contributed by atoms with Crippen LogP contribution >= 0.6 is 23.2 Å². The van der Waals surface area contributed by atoms with Gasteiger partial charge in [-0.1, -0.05) is 41.4 Å². The minimum atomic E-state index is -0.300. The summed E-state index contributed by atoms with van der Waals surface area (Å²) in [6, 6.07) is 14.1. The van der Waals surface area contributed by atoms with E-state index in [1.165, 1.54) is 0 Å². The SMILES string of the molecule is C[C@@H](C(=O)Nc1cccc(C#N)c1)[NH+](C)Cc1cccc(Cl)c1Cl. The second-order valence-corrected chi connectivity index (χ2v) is 6.42. The van der Waals surface area contributed by atoms with Crippen LogP contribution in [0.15, 0.2) is 42.5 Å². The highest BCUT2D eigenvalue weighted by molar-refractivity contribution is 6.42. The van der Waals surface area contributed by atoms with E-state index < -0.39 is 0 Å². The van der Waals surface area contributed by atoms with Gasteiger partial charge in [0.25, 0.3) is 5.91 Å². The van der Waals surface area contributed by atoms with E-state index in [0.717, 1.165) is 10.5 Å². The van der Waals surface area contributed by atoms with Gasteiger partial charge in [0.15, 0.2) is 6.04 Å². The van der Waals surface area contributed by atoms with Gasteiger partial charge in [-0.3, -0.25) is 4.79 Å². The number of nitrogens with zero attached hydrogens (tertiary/aromatic N) is 1. The maximum Gasteiger partial charge on any atom is 0.282 e. The van der Waals surface area contributed by atoms with E-state index in [-0.39, 0.29) is 11.9 Å². The molecule has 1 unspecified atom stereocenters. The average Bonchev–Trinajstić information content (AvgIpc) is 2.58. The summed E-state index contributed by atoms with van der Waals surface area (Å²) in [6.45, 7) is 2.42. The van der Waals surface area contributed by atoms with Gasteiger partial charge in [-0.05, 0) is 31.2 Å². The molecule has 1 amide bonds. The smallest absolute Gasteiger partial charge is 0.282 e. The number of carbonyl (C=O) groups is 1. The number of nitriles is 1. The molecule has 2 aromatic rings. The minimum absolute atomic E-state index is 0.124. The zero-order chi connectivity index (χ0) is 17.7. The number of hydrogen-bond acceptors (Lipinski definition) is 2. The molecule has 0 fully saturated rings. The first-order valence-corrected chi connectivity index (χ1v) is 8.24. The van der Waals surface area contributed by atoms with Crippen molar-refractivity contribution in [1.82, 2.24) is 0 Å². The zero-order valence-corrected chi connectivity index (χ0v) is 14.9. The van der Waals surface area contributed by atoms with Crippen LogP contribution < -0.4 is 10.2 Å². The van der Waals surface area contributed by atoms with E-state index in [4.69, 9.17) is 28.5 Å². The van der Waals surface area contributed by atoms with E-state index in [2.05, 4.69) is 11.4 Å². The molecule has 6 heteroatoms. The van der Waals surface area contributed by atoms with Gasteiger partial charge in [-0.15, -0.1) is 0 Å². The van der Waals surface area contributed by atoms with Crippen molar-refractivity contribution in [2.75, 3.05) is 12.4 Å². The number of nitrogens with one attached hydrogen (secondary N) is 2. The summed E-state index contributed by atoms with van der Waals surface area (Å²) in [5.74, 6) is -0.124. The monoisotopic (exact) mass is 362 g/mol. The molecule has 24 heavy (non-hydrogen) atoms. The number of amides is 1. The highest BCUT2D eigenvalue weighted by Gasteiger charge is 2.23. The van der Waals surface area contributed by atoms with Crippen molar-refractivity contribution in [3.05, 3.63) is 63.6 Å². The minimum Gasteiger partial charge on any atom is -0.324 e. The standard InChI is InChI=1S/C18H17Cl2N3O/c1-12(18(24)22-15-7-3-5-13(9-15)10-21)23(2)11-14-6-4-8-16(19)17(14)20/h3-9,12H,11H2,1-2H3,(H,22,24)/p+1/t12-/m0/s1. The van der Waals surface area contributed by atoms with Gasteiger partial charge in [-0.25, -0.2) is 0 Å². The summed E-state index contributed by atoms with van der Waals surface area (Å²) in [7, 11) is 1.92. The molecule has 0 bridgehead atoms. The molecule has 0 aliphatic heterocycles. The summed E-state index contributed by atoms with van der Waals surface area (Å²) < 4.78 is 0. The van der Waals surface area contributed by atoms with Crippen molar-refractivity contribution in [1.29, 1.82) is 5.26 Å². The van der Waals surface area contributed by atoms with Crippen LogP contribution in [0.4, 0.5) is 5.69 Å². The Hall–Kier alpha value is -2.06. The fourth-order valence-electron chi connectivity index (χ4n) is 2.28. The molecule has 2 rings (SSSR count). The van der Waals surface area contributed by atoms with Gasteiger partial charge in [0.05, 0.1) is 28.7 Å². The lowest BCUT2D eigenvalue weighted by molar-refractivity contribution is -0.907. The zero-order valence-electron chi connectivity index (χ0n) is 13.4. The van der Waals surface area contributed by atoms with Crippen molar-refractivity contribution in [3.8, 4) is 6.07 Å². The quantitative estimate of drug-likeness (QED) is 0.858. The van der Waals surface area contributed by atoms with Gasteiger partial charge in [0.1, 0.15) is 6.54 Å². The lowest BCUT2D eigenvalue weighted by atomic mass is 10.1. The average molecular weight is 363 g/mol. The second kappa shape index (κ2) is 8.16. The van der Waals surface area contributed by atoms with Gasteiger partial charge in [0, 0.05) is 11.3 Å². The molecule has 124 valence electrons. The normalized spacial score (nSPS) is 13.0. The lowest BCUT2D eigenvalue weighted by Crippen LogP contribution is -3.12. The van der Waals surface area contributed by atoms with E-state index >= 15 is 0 Å². The Bertz CT molecular complexity index is 786. The van der Waals surface area contributed by atoms with Crippen LogP contribution in [0.1, 0.15) is 18.1 Å². The molecule has 2 N–H and O–H groups in total. The Balaban J connectivity index is 2.04. The van der Waals surface area contributed by atoms with Gasteiger partial charge in [0.2, 0.25) is 0 Å². The van der Waals surface area contributed by atoms with Crippen molar-refractivity contribution in [2.24, 2.45) is 0 Å².